The van der Waals surface area contributed by atoms with Gasteiger partial charge in [-0.15, -0.1) is 0 Å². The maximum Gasteiger partial charge on any atom is 0.212 e. The van der Waals surface area contributed by atoms with Gasteiger partial charge in [-0.05, 0) is 39.7 Å². The number of fused-ring (bicyclic) bond motifs is 1. The number of aromatic nitrogens is 2. The highest BCUT2D eigenvalue weighted by atomic mass is 79.9. The molecule has 1 amide bonds. The van der Waals surface area contributed by atoms with E-state index in [9.17, 15) is 4.79 Å². The first-order valence-electron chi connectivity index (χ1n) is 6.39. The summed E-state index contributed by atoms with van der Waals surface area (Å²) in [5.74, 6) is 0.647. The van der Waals surface area contributed by atoms with E-state index in [0.717, 1.165) is 15.7 Å². The van der Waals surface area contributed by atoms with Gasteiger partial charge in [-0.3, -0.25) is 9.20 Å². The summed E-state index contributed by atoms with van der Waals surface area (Å²) in [5, 5.41) is 2.71. The van der Waals surface area contributed by atoms with Crippen molar-refractivity contribution >= 4 is 46.0 Å². The van der Waals surface area contributed by atoms with Gasteiger partial charge in [0.1, 0.15) is 17.2 Å². The molecule has 0 saturated heterocycles. The van der Waals surface area contributed by atoms with Crippen LogP contribution in [0.25, 0.3) is 17.8 Å². The summed E-state index contributed by atoms with van der Waals surface area (Å²) in [6, 6.07) is 13.7. The van der Waals surface area contributed by atoms with Gasteiger partial charge in [-0.2, -0.15) is 0 Å². The maximum atomic E-state index is 10.8. The molecule has 1 aromatic carbocycles. The Labute approximate surface area is 130 Å². The lowest BCUT2D eigenvalue weighted by Gasteiger charge is -2.01. The van der Waals surface area contributed by atoms with E-state index >= 15 is 0 Å². The first-order chi connectivity index (χ1) is 10.3. The Kier molecular flexibility index (Phi) is 3.83. The number of nitrogens with one attached hydrogen (secondary N) is 1. The lowest BCUT2D eigenvalue weighted by molar-refractivity contribution is -0.105. The second kappa shape index (κ2) is 5.93. The molecule has 0 unspecified atom stereocenters. The van der Waals surface area contributed by atoms with Gasteiger partial charge in [0.05, 0.1) is 0 Å². The van der Waals surface area contributed by atoms with Gasteiger partial charge < -0.3 is 5.32 Å². The minimum absolute atomic E-state index is 0.647. The molecule has 0 aliphatic carbocycles. The molecule has 3 rings (SSSR count). The zero-order valence-electron chi connectivity index (χ0n) is 11.0. The molecule has 2 heterocycles. The maximum absolute atomic E-state index is 10.8. The molecular weight excluding hydrogens is 330 g/mol. The van der Waals surface area contributed by atoms with Crippen LogP contribution in [0.3, 0.4) is 0 Å². The van der Waals surface area contributed by atoms with Crippen LogP contribution >= 0.6 is 15.9 Å². The molecule has 0 saturated carbocycles. The smallest absolute Gasteiger partial charge is 0.212 e. The number of amides is 1. The molecule has 104 valence electrons. The van der Waals surface area contributed by atoms with Crippen molar-refractivity contribution in [1.82, 2.24) is 9.38 Å². The number of carbonyl (C=O) groups is 1. The van der Waals surface area contributed by atoms with Crippen LogP contribution in [-0.4, -0.2) is 15.8 Å². The Morgan fingerprint density at radius 3 is 2.67 bits per heavy atom. The molecule has 3 aromatic rings. The van der Waals surface area contributed by atoms with Crippen molar-refractivity contribution in [2.24, 2.45) is 0 Å². The number of carbonyl (C=O) groups excluding carboxylic acids is 1. The molecule has 5 heteroatoms. The van der Waals surface area contributed by atoms with Gasteiger partial charge in [-0.25, -0.2) is 4.98 Å². The van der Waals surface area contributed by atoms with Crippen LogP contribution in [0.15, 0.2) is 53.1 Å². The number of anilines is 1. The SMILES string of the molecule is O=CNc1c(/C=C/c2ccccc2)nc2ccc(Br)cn12. The lowest BCUT2D eigenvalue weighted by atomic mass is 10.2. The van der Waals surface area contributed by atoms with E-state index < -0.39 is 0 Å². The third-order valence-corrected chi connectivity index (χ3v) is 3.51. The average molecular weight is 342 g/mol. The van der Waals surface area contributed by atoms with Crippen LogP contribution in [0.4, 0.5) is 5.82 Å². The molecule has 0 aliphatic rings. The average Bonchev–Trinajstić information content (AvgIpc) is 2.84. The largest absolute Gasteiger partial charge is 0.313 e. The number of benzene rings is 1. The molecule has 0 bridgehead atoms. The Bertz CT molecular complexity index is 809. The topological polar surface area (TPSA) is 46.4 Å². The fourth-order valence-corrected chi connectivity index (χ4v) is 2.43. The van der Waals surface area contributed by atoms with Crippen molar-refractivity contribution in [3.8, 4) is 0 Å². The quantitative estimate of drug-likeness (QED) is 0.733. The summed E-state index contributed by atoms with van der Waals surface area (Å²) in [7, 11) is 0. The zero-order chi connectivity index (χ0) is 14.7. The summed E-state index contributed by atoms with van der Waals surface area (Å²) >= 11 is 3.42. The predicted molar refractivity (Wildman–Crippen MR) is 87.9 cm³/mol. The summed E-state index contributed by atoms with van der Waals surface area (Å²) in [6.07, 6.45) is 6.38. The van der Waals surface area contributed by atoms with E-state index in [-0.39, 0.29) is 0 Å². The summed E-state index contributed by atoms with van der Waals surface area (Å²) in [5.41, 5.74) is 2.56. The molecular formula is C16H12BrN3O. The van der Waals surface area contributed by atoms with Crippen molar-refractivity contribution in [1.29, 1.82) is 0 Å². The van der Waals surface area contributed by atoms with E-state index in [4.69, 9.17) is 0 Å². The number of halogens is 1. The van der Waals surface area contributed by atoms with Crippen LogP contribution in [-0.2, 0) is 4.79 Å². The molecule has 0 radical (unpaired) electrons. The second-order valence-electron chi connectivity index (χ2n) is 4.43. The van der Waals surface area contributed by atoms with Crippen molar-refractivity contribution in [2.45, 2.75) is 0 Å². The van der Waals surface area contributed by atoms with Gasteiger partial charge in [0.25, 0.3) is 0 Å². The van der Waals surface area contributed by atoms with Crippen molar-refractivity contribution < 1.29 is 4.79 Å². The van der Waals surface area contributed by atoms with Crippen molar-refractivity contribution in [3.63, 3.8) is 0 Å². The van der Waals surface area contributed by atoms with Gasteiger partial charge >= 0.3 is 0 Å². The van der Waals surface area contributed by atoms with Gasteiger partial charge in [0.15, 0.2) is 0 Å². The highest BCUT2D eigenvalue weighted by Crippen LogP contribution is 2.22. The minimum atomic E-state index is 0.647. The van der Waals surface area contributed by atoms with E-state index in [0.29, 0.717) is 17.9 Å². The fourth-order valence-electron chi connectivity index (χ4n) is 2.09. The van der Waals surface area contributed by atoms with Crippen molar-refractivity contribution in [3.05, 3.63) is 64.4 Å². The molecule has 0 spiro atoms. The standard InChI is InChI=1S/C16H12BrN3O/c17-13-7-9-15-19-14(16(18-11-21)20(15)10-13)8-6-12-4-2-1-3-5-12/h1-11H,(H,18,21)/b8-6+. The number of pyridine rings is 1. The van der Waals surface area contributed by atoms with Gasteiger partial charge in [-0.1, -0.05) is 36.4 Å². The second-order valence-corrected chi connectivity index (χ2v) is 5.34. The Hall–Kier alpha value is -2.40. The number of hydrogen-bond acceptors (Lipinski definition) is 2. The molecule has 21 heavy (non-hydrogen) atoms. The zero-order valence-corrected chi connectivity index (χ0v) is 12.6. The highest BCUT2D eigenvalue weighted by molar-refractivity contribution is 9.10. The third kappa shape index (κ3) is 2.87. The predicted octanol–water partition coefficient (Wildman–Crippen LogP) is 3.84. The molecule has 0 atom stereocenters. The lowest BCUT2D eigenvalue weighted by Crippen LogP contribution is -1.99. The number of rotatable bonds is 4. The number of imidazole rings is 1. The highest BCUT2D eigenvalue weighted by Gasteiger charge is 2.09. The summed E-state index contributed by atoms with van der Waals surface area (Å²) < 4.78 is 2.75. The Balaban J connectivity index is 2.07. The number of nitrogens with zero attached hydrogens (tertiary/aromatic N) is 2. The molecule has 1 N–H and O–H groups in total. The van der Waals surface area contributed by atoms with Crippen molar-refractivity contribution in [2.75, 3.05) is 5.32 Å². The summed E-state index contributed by atoms with van der Waals surface area (Å²) in [4.78, 5) is 15.4. The monoisotopic (exact) mass is 341 g/mol. The third-order valence-electron chi connectivity index (χ3n) is 3.04. The Morgan fingerprint density at radius 1 is 1.10 bits per heavy atom. The van der Waals surface area contributed by atoms with Crippen LogP contribution in [0.5, 0.6) is 0 Å². The van der Waals surface area contributed by atoms with E-state index in [2.05, 4.69) is 26.2 Å². The van der Waals surface area contributed by atoms with Gasteiger partial charge in [0, 0.05) is 10.7 Å². The van der Waals surface area contributed by atoms with E-state index in [1.807, 2.05) is 65.2 Å². The van der Waals surface area contributed by atoms with E-state index in [1.54, 1.807) is 0 Å². The van der Waals surface area contributed by atoms with E-state index in [1.165, 1.54) is 0 Å². The normalized spacial score (nSPS) is 11.1. The first-order valence-corrected chi connectivity index (χ1v) is 7.18. The first kappa shape index (κ1) is 13.6. The van der Waals surface area contributed by atoms with Gasteiger partial charge in [0.2, 0.25) is 6.41 Å². The van der Waals surface area contributed by atoms with Crippen LogP contribution in [0.1, 0.15) is 11.3 Å². The minimum Gasteiger partial charge on any atom is -0.313 e. The molecule has 2 aromatic heterocycles. The van der Waals surface area contributed by atoms with Crippen LogP contribution in [0, 0.1) is 0 Å². The van der Waals surface area contributed by atoms with Crippen LogP contribution in [0.2, 0.25) is 0 Å². The molecule has 4 nitrogen and oxygen atoms in total. The molecule has 0 aliphatic heterocycles. The fraction of sp³-hybridized carbons (Fsp3) is 0. The number of hydrogen-bond donors (Lipinski definition) is 1. The van der Waals surface area contributed by atoms with Crippen LogP contribution < -0.4 is 5.32 Å². The summed E-state index contributed by atoms with van der Waals surface area (Å²) in [6.45, 7) is 0. The Morgan fingerprint density at radius 2 is 1.90 bits per heavy atom. The molecule has 0 fully saturated rings.